The van der Waals surface area contributed by atoms with Crippen molar-refractivity contribution < 1.29 is 13.2 Å². The average molecular weight is 281 g/mol. The highest BCUT2D eigenvalue weighted by molar-refractivity contribution is 7.91. The SMILES string of the molecule is CCc1ccc(C(=O)N[C@]2(C)CCS(=O)(=O)C2)cc1. The Morgan fingerprint density at radius 2 is 1.95 bits per heavy atom. The summed E-state index contributed by atoms with van der Waals surface area (Å²) >= 11 is 0. The van der Waals surface area contributed by atoms with Gasteiger partial charge in [-0.3, -0.25) is 4.79 Å². The fourth-order valence-electron chi connectivity index (χ4n) is 2.35. The first-order valence-electron chi connectivity index (χ1n) is 6.45. The molecule has 1 aromatic carbocycles. The van der Waals surface area contributed by atoms with Gasteiger partial charge in [0.25, 0.3) is 5.91 Å². The Kier molecular flexibility index (Phi) is 3.67. The van der Waals surface area contributed by atoms with E-state index >= 15 is 0 Å². The van der Waals surface area contributed by atoms with Crippen molar-refractivity contribution in [3.8, 4) is 0 Å². The summed E-state index contributed by atoms with van der Waals surface area (Å²) in [5, 5.41) is 2.85. The van der Waals surface area contributed by atoms with E-state index in [4.69, 9.17) is 0 Å². The number of amides is 1. The third-order valence-corrected chi connectivity index (χ3v) is 5.45. The predicted molar refractivity (Wildman–Crippen MR) is 75.0 cm³/mol. The van der Waals surface area contributed by atoms with Crippen molar-refractivity contribution >= 4 is 15.7 Å². The van der Waals surface area contributed by atoms with Crippen LogP contribution in [-0.2, 0) is 16.3 Å². The van der Waals surface area contributed by atoms with Crippen molar-refractivity contribution in [3.05, 3.63) is 35.4 Å². The van der Waals surface area contributed by atoms with E-state index in [9.17, 15) is 13.2 Å². The minimum atomic E-state index is -3.01. The molecule has 1 amide bonds. The molecule has 104 valence electrons. The van der Waals surface area contributed by atoms with Gasteiger partial charge in [0, 0.05) is 5.56 Å². The minimum Gasteiger partial charge on any atom is -0.346 e. The summed E-state index contributed by atoms with van der Waals surface area (Å²) in [7, 11) is -3.01. The number of sulfone groups is 1. The van der Waals surface area contributed by atoms with Crippen molar-refractivity contribution in [3.63, 3.8) is 0 Å². The van der Waals surface area contributed by atoms with Crippen molar-refractivity contribution in [2.45, 2.75) is 32.2 Å². The van der Waals surface area contributed by atoms with Crippen LogP contribution in [0, 0.1) is 0 Å². The number of hydrogen-bond donors (Lipinski definition) is 1. The molecule has 0 aliphatic carbocycles. The van der Waals surface area contributed by atoms with E-state index < -0.39 is 15.4 Å². The first-order chi connectivity index (χ1) is 8.84. The van der Waals surface area contributed by atoms with Crippen LogP contribution in [0.5, 0.6) is 0 Å². The van der Waals surface area contributed by atoms with Crippen LogP contribution in [0.3, 0.4) is 0 Å². The van der Waals surface area contributed by atoms with Gasteiger partial charge in [-0.05, 0) is 37.5 Å². The Morgan fingerprint density at radius 3 is 2.42 bits per heavy atom. The summed E-state index contributed by atoms with van der Waals surface area (Å²) in [6.45, 7) is 3.84. The molecule has 1 saturated heterocycles. The molecule has 2 rings (SSSR count). The Bertz CT molecular complexity index is 577. The molecule has 0 saturated carbocycles. The second-order valence-corrected chi connectivity index (χ2v) is 7.59. The zero-order chi connectivity index (χ0) is 14.1. The van der Waals surface area contributed by atoms with Crippen LogP contribution in [0.2, 0.25) is 0 Å². The van der Waals surface area contributed by atoms with E-state index in [1.54, 1.807) is 19.1 Å². The molecular weight excluding hydrogens is 262 g/mol. The normalized spacial score (nSPS) is 25.2. The molecule has 4 nitrogen and oxygen atoms in total. The average Bonchev–Trinajstić information content (AvgIpc) is 2.63. The second kappa shape index (κ2) is 4.96. The molecule has 19 heavy (non-hydrogen) atoms. The fourth-order valence-corrected chi connectivity index (χ4v) is 4.44. The highest BCUT2D eigenvalue weighted by Crippen LogP contribution is 2.23. The monoisotopic (exact) mass is 281 g/mol. The van der Waals surface area contributed by atoms with Crippen molar-refractivity contribution in [1.82, 2.24) is 5.32 Å². The third kappa shape index (κ3) is 3.35. The third-order valence-electron chi connectivity index (χ3n) is 3.54. The lowest BCUT2D eigenvalue weighted by molar-refractivity contribution is 0.0915. The van der Waals surface area contributed by atoms with Crippen LogP contribution in [-0.4, -0.2) is 31.4 Å². The lowest BCUT2D eigenvalue weighted by atomic mass is 10.0. The van der Waals surface area contributed by atoms with E-state index in [-0.39, 0.29) is 17.4 Å². The van der Waals surface area contributed by atoms with Gasteiger partial charge in [-0.15, -0.1) is 0 Å². The number of hydrogen-bond acceptors (Lipinski definition) is 3. The Morgan fingerprint density at radius 1 is 1.32 bits per heavy atom. The van der Waals surface area contributed by atoms with Crippen LogP contribution in [0.15, 0.2) is 24.3 Å². The highest BCUT2D eigenvalue weighted by Gasteiger charge is 2.39. The van der Waals surface area contributed by atoms with Crippen LogP contribution < -0.4 is 5.32 Å². The van der Waals surface area contributed by atoms with Crippen LogP contribution in [0.25, 0.3) is 0 Å². The van der Waals surface area contributed by atoms with Gasteiger partial charge in [0.15, 0.2) is 9.84 Å². The number of benzene rings is 1. The quantitative estimate of drug-likeness (QED) is 0.914. The summed E-state index contributed by atoms with van der Waals surface area (Å²) < 4.78 is 23.0. The molecule has 0 aromatic heterocycles. The zero-order valence-corrected chi connectivity index (χ0v) is 12.1. The van der Waals surface area contributed by atoms with Crippen molar-refractivity contribution in [2.24, 2.45) is 0 Å². The summed E-state index contributed by atoms with van der Waals surface area (Å²) in [6, 6.07) is 7.40. The highest BCUT2D eigenvalue weighted by atomic mass is 32.2. The van der Waals surface area contributed by atoms with Crippen molar-refractivity contribution in [1.29, 1.82) is 0 Å². The maximum atomic E-state index is 12.1. The lowest BCUT2D eigenvalue weighted by Gasteiger charge is -2.23. The van der Waals surface area contributed by atoms with Gasteiger partial charge < -0.3 is 5.32 Å². The van der Waals surface area contributed by atoms with Gasteiger partial charge in [-0.2, -0.15) is 0 Å². The molecule has 1 fully saturated rings. The maximum absolute atomic E-state index is 12.1. The summed E-state index contributed by atoms with van der Waals surface area (Å²) in [4.78, 5) is 12.1. The van der Waals surface area contributed by atoms with E-state index in [2.05, 4.69) is 12.2 Å². The van der Waals surface area contributed by atoms with Crippen molar-refractivity contribution in [2.75, 3.05) is 11.5 Å². The first-order valence-corrected chi connectivity index (χ1v) is 8.28. The van der Waals surface area contributed by atoms with E-state index in [0.717, 1.165) is 6.42 Å². The zero-order valence-electron chi connectivity index (χ0n) is 11.3. The van der Waals surface area contributed by atoms with Crippen LogP contribution >= 0.6 is 0 Å². The molecular formula is C14H19NO3S. The molecule has 1 aliphatic rings. The molecule has 0 spiro atoms. The van der Waals surface area contributed by atoms with E-state index in [0.29, 0.717) is 12.0 Å². The topological polar surface area (TPSA) is 63.2 Å². The molecule has 1 N–H and O–H groups in total. The Balaban J connectivity index is 2.08. The molecule has 1 atom stereocenters. The van der Waals surface area contributed by atoms with Gasteiger partial charge in [0.1, 0.15) is 0 Å². The van der Waals surface area contributed by atoms with Gasteiger partial charge in [-0.1, -0.05) is 19.1 Å². The Hall–Kier alpha value is -1.36. The molecule has 1 aromatic rings. The summed E-state index contributed by atoms with van der Waals surface area (Å²) in [5.74, 6) is -0.0283. The summed E-state index contributed by atoms with van der Waals surface area (Å²) in [6.07, 6.45) is 1.41. The lowest BCUT2D eigenvalue weighted by Crippen LogP contribution is -2.46. The molecule has 1 heterocycles. The molecule has 0 radical (unpaired) electrons. The number of nitrogens with one attached hydrogen (secondary N) is 1. The predicted octanol–water partition coefficient (Wildman–Crippen LogP) is 1.56. The molecule has 0 unspecified atom stereocenters. The smallest absolute Gasteiger partial charge is 0.251 e. The first kappa shape index (κ1) is 14.1. The minimum absolute atomic E-state index is 0.0266. The van der Waals surface area contributed by atoms with E-state index in [1.165, 1.54) is 5.56 Å². The Labute approximate surface area is 114 Å². The number of aryl methyl sites for hydroxylation is 1. The molecule has 5 heteroatoms. The fraction of sp³-hybridized carbons (Fsp3) is 0.500. The largest absolute Gasteiger partial charge is 0.346 e. The molecule has 0 bridgehead atoms. The van der Waals surface area contributed by atoms with Gasteiger partial charge in [-0.25, -0.2) is 8.42 Å². The number of carbonyl (C=O) groups is 1. The van der Waals surface area contributed by atoms with Crippen LogP contribution in [0.1, 0.15) is 36.2 Å². The molecule has 1 aliphatic heterocycles. The standard InChI is InChI=1S/C14H19NO3S/c1-3-11-4-6-12(7-5-11)13(16)15-14(2)8-9-19(17,18)10-14/h4-7H,3,8-10H2,1-2H3,(H,15,16)/t14-/m1/s1. The van der Waals surface area contributed by atoms with Gasteiger partial charge in [0.05, 0.1) is 17.0 Å². The second-order valence-electron chi connectivity index (χ2n) is 5.41. The number of rotatable bonds is 3. The summed E-state index contributed by atoms with van der Waals surface area (Å²) in [5.41, 5.74) is 1.10. The van der Waals surface area contributed by atoms with Gasteiger partial charge >= 0.3 is 0 Å². The van der Waals surface area contributed by atoms with Crippen LogP contribution in [0.4, 0.5) is 0 Å². The van der Waals surface area contributed by atoms with Gasteiger partial charge in [0.2, 0.25) is 0 Å². The number of carbonyl (C=O) groups excluding carboxylic acids is 1. The maximum Gasteiger partial charge on any atom is 0.251 e. The van der Waals surface area contributed by atoms with E-state index in [1.807, 2.05) is 12.1 Å².